The fourth-order valence-corrected chi connectivity index (χ4v) is 2.73. The molecule has 2 rings (SSSR count). The Bertz CT molecular complexity index is 786. The topological polar surface area (TPSA) is 70.7 Å². The fourth-order valence-electron chi connectivity index (χ4n) is 2.73. The Balaban J connectivity index is 2.22. The van der Waals surface area contributed by atoms with Crippen LogP contribution < -0.4 is 15.8 Å². The predicted molar refractivity (Wildman–Crippen MR) is 115 cm³/mol. The van der Waals surface area contributed by atoms with E-state index in [4.69, 9.17) is 4.74 Å². The molecule has 1 unspecified atom stereocenters. The van der Waals surface area contributed by atoms with Crippen LogP contribution in [0.25, 0.3) is 0 Å². The van der Waals surface area contributed by atoms with Crippen LogP contribution in [0.1, 0.15) is 40.2 Å². The zero-order valence-electron chi connectivity index (χ0n) is 17.8. The number of carbonyl (C=O) groups excluding carboxylic acids is 2. The monoisotopic (exact) mass is 397 g/mol. The average Bonchev–Trinajstić information content (AvgIpc) is 2.66. The molecule has 2 amide bonds. The molecular formula is C23H31N3O3. The normalized spacial score (nSPS) is 12.3. The first-order chi connectivity index (χ1) is 13.7. The van der Waals surface area contributed by atoms with E-state index in [-0.39, 0.29) is 11.8 Å². The van der Waals surface area contributed by atoms with Gasteiger partial charge >= 0.3 is 6.09 Å². The average molecular weight is 398 g/mol. The molecule has 2 N–H and O–H groups in total. The Morgan fingerprint density at radius 1 is 0.966 bits per heavy atom. The number of carbonyl (C=O) groups is 2. The number of ether oxygens (including phenoxy) is 1. The second-order valence-electron chi connectivity index (χ2n) is 8.20. The first kappa shape index (κ1) is 22.4. The number of anilines is 1. The molecule has 0 spiro atoms. The molecule has 156 valence electrons. The Morgan fingerprint density at radius 2 is 1.52 bits per heavy atom. The molecule has 2 aromatic rings. The molecule has 0 heterocycles. The van der Waals surface area contributed by atoms with E-state index in [9.17, 15) is 9.59 Å². The van der Waals surface area contributed by atoms with Crippen molar-refractivity contribution in [3.05, 3.63) is 66.2 Å². The first-order valence-corrected chi connectivity index (χ1v) is 9.83. The van der Waals surface area contributed by atoms with E-state index in [1.165, 1.54) is 5.01 Å². The van der Waals surface area contributed by atoms with Gasteiger partial charge in [0.25, 0.3) is 5.91 Å². The van der Waals surface area contributed by atoms with Crippen molar-refractivity contribution in [1.82, 2.24) is 10.7 Å². The molecule has 0 aromatic heterocycles. The smallest absolute Gasteiger partial charge is 0.408 e. The third kappa shape index (κ3) is 7.23. The lowest BCUT2D eigenvalue weighted by Crippen LogP contribution is -2.56. The van der Waals surface area contributed by atoms with Crippen molar-refractivity contribution in [2.45, 2.75) is 52.8 Å². The van der Waals surface area contributed by atoms with Crippen LogP contribution in [0.15, 0.2) is 60.7 Å². The van der Waals surface area contributed by atoms with Gasteiger partial charge in [0, 0.05) is 6.54 Å². The molecule has 1 atom stereocenters. The second-order valence-corrected chi connectivity index (χ2v) is 8.20. The summed E-state index contributed by atoms with van der Waals surface area (Å²) in [4.78, 5) is 25.7. The van der Waals surface area contributed by atoms with Gasteiger partial charge in [-0.1, -0.05) is 62.4 Å². The number of amides is 2. The van der Waals surface area contributed by atoms with Gasteiger partial charge in [-0.3, -0.25) is 4.79 Å². The Labute approximate surface area is 173 Å². The largest absolute Gasteiger partial charge is 0.444 e. The van der Waals surface area contributed by atoms with E-state index in [1.807, 2.05) is 74.5 Å². The van der Waals surface area contributed by atoms with Crippen molar-refractivity contribution in [2.75, 3.05) is 5.01 Å². The summed E-state index contributed by atoms with van der Waals surface area (Å²) in [7, 11) is 0. The highest BCUT2D eigenvalue weighted by Gasteiger charge is 2.31. The van der Waals surface area contributed by atoms with Gasteiger partial charge in [-0.2, -0.15) is 0 Å². The van der Waals surface area contributed by atoms with E-state index in [1.54, 1.807) is 20.8 Å². The van der Waals surface area contributed by atoms with Gasteiger partial charge in [0.1, 0.15) is 11.6 Å². The van der Waals surface area contributed by atoms with E-state index in [2.05, 4.69) is 10.7 Å². The number of para-hydroxylation sites is 1. The molecule has 6 nitrogen and oxygen atoms in total. The quantitative estimate of drug-likeness (QED) is 0.685. The highest BCUT2D eigenvalue weighted by atomic mass is 16.6. The maximum Gasteiger partial charge on any atom is 0.408 e. The van der Waals surface area contributed by atoms with Gasteiger partial charge in [-0.05, 0) is 44.4 Å². The van der Waals surface area contributed by atoms with Crippen molar-refractivity contribution in [3.8, 4) is 0 Å². The Hall–Kier alpha value is -2.86. The third-order valence-corrected chi connectivity index (χ3v) is 4.12. The van der Waals surface area contributed by atoms with Gasteiger partial charge in [0.2, 0.25) is 0 Å². The van der Waals surface area contributed by atoms with Crippen molar-refractivity contribution in [3.63, 3.8) is 0 Å². The Morgan fingerprint density at radius 3 is 2.03 bits per heavy atom. The molecule has 29 heavy (non-hydrogen) atoms. The summed E-state index contributed by atoms with van der Waals surface area (Å²) >= 11 is 0. The number of hydrogen-bond acceptors (Lipinski definition) is 4. The summed E-state index contributed by atoms with van der Waals surface area (Å²) in [6.45, 7) is 9.61. The van der Waals surface area contributed by atoms with E-state index in [0.717, 1.165) is 5.56 Å². The standard InChI is InChI=1S/C23H31N3O3/c1-17(2)20(25-22(28)29-23(3,4)5)21(27)26(19-14-10-7-11-15-19)24-16-18-12-8-6-9-13-18/h6-15,17,20,24H,16H2,1-5H3,(H,25,28). The first-order valence-electron chi connectivity index (χ1n) is 9.83. The molecule has 0 aliphatic rings. The zero-order valence-corrected chi connectivity index (χ0v) is 17.8. The highest BCUT2D eigenvalue weighted by Crippen LogP contribution is 2.16. The van der Waals surface area contributed by atoms with E-state index >= 15 is 0 Å². The number of rotatable bonds is 7. The van der Waals surface area contributed by atoms with Crippen LogP contribution in [0, 0.1) is 5.92 Å². The maximum absolute atomic E-state index is 13.4. The van der Waals surface area contributed by atoms with E-state index < -0.39 is 17.7 Å². The number of hydrogen-bond donors (Lipinski definition) is 2. The van der Waals surface area contributed by atoms with Crippen molar-refractivity contribution < 1.29 is 14.3 Å². The van der Waals surface area contributed by atoms with Crippen LogP contribution in [0.4, 0.5) is 10.5 Å². The van der Waals surface area contributed by atoms with Crippen LogP contribution in [-0.2, 0) is 16.1 Å². The SMILES string of the molecule is CC(C)C(NC(=O)OC(C)(C)C)C(=O)N(NCc1ccccc1)c1ccccc1. The molecule has 0 saturated carbocycles. The summed E-state index contributed by atoms with van der Waals surface area (Å²) in [5, 5.41) is 4.22. The molecule has 6 heteroatoms. The minimum absolute atomic E-state index is 0.125. The minimum Gasteiger partial charge on any atom is -0.444 e. The van der Waals surface area contributed by atoms with Gasteiger partial charge < -0.3 is 10.1 Å². The number of alkyl carbamates (subject to hydrolysis) is 1. The minimum atomic E-state index is -0.742. The van der Waals surface area contributed by atoms with Gasteiger partial charge in [-0.15, -0.1) is 0 Å². The van der Waals surface area contributed by atoms with Crippen molar-refractivity contribution in [2.24, 2.45) is 5.92 Å². The molecule has 0 radical (unpaired) electrons. The summed E-state index contributed by atoms with van der Waals surface area (Å²) in [5.74, 6) is -0.382. The molecule has 0 saturated heterocycles. The molecule has 0 bridgehead atoms. The molecule has 2 aromatic carbocycles. The Kier molecular flexibility index (Phi) is 7.79. The lowest BCUT2D eigenvalue weighted by Gasteiger charge is -2.31. The zero-order chi connectivity index (χ0) is 21.4. The molecule has 0 fully saturated rings. The number of nitrogens with zero attached hydrogens (tertiary/aromatic N) is 1. The molecule has 0 aliphatic heterocycles. The van der Waals surface area contributed by atoms with E-state index in [0.29, 0.717) is 12.2 Å². The third-order valence-electron chi connectivity index (χ3n) is 4.12. The molecule has 0 aliphatic carbocycles. The van der Waals surface area contributed by atoms with Gasteiger partial charge in [-0.25, -0.2) is 15.2 Å². The predicted octanol–water partition coefficient (Wildman–Crippen LogP) is 4.27. The van der Waals surface area contributed by atoms with Gasteiger partial charge in [0.05, 0.1) is 5.69 Å². The van der Waals surface area contributed by atoms with Crippen LogP contribution in [-0.4, -0.2) is 23.6 Å². The van der Waals surface area contributed by atoms with Crippen LogP contribution in [0.3, 0.4) is 0 Å². The van der Waals surface area contributed by atoms with Crippen molar-refractivity contribution >= 4 is 17.7 Å². The summed E-state index contributed by atoms with van der Waals surface area (Å²) < 4.78 is 5.34. The highest BCUT2D eigenvalue weighted by molar-refractivity contribution is 5.98. The van der Waals surface area contributed by atoms with Crippen LogP contribution >= 0.6 is 0 Å². The van der Waals surface area contributed by atoms with Crippen molar-refractivity contribution in [1.29, 1.82) is 0 Å². The fraction of sp³-hybridized carbons (Fsp3) is 0.391. The molecular weight excluding hydrogens is 366 g/mol. The number of benzene rings is 2. The van der Waals surface area contributed by atoms with Crippen LogP contribution in [0.5, 0.6) is 0 Å². The number of hydrazine groups is 1. The summed E-state index contributed by atoms with van der Waals surface area (Å²) in [5.41, 5.74) is 4.30. The summed E-state index contributed by atoms with van der Waals surface area (Å²) in [6, 6.07) is 18.4. The van der Waals surface area contributed by atoms with Crippen LogP contribution in [0.2, 0.25) is 0 Å². The lowest BCUT2D eigenvalue weighted by atomic mass is 10.0. The lowest BCUT2D eigenvalue weighted by molar-refractivity contribution is -0.122. The number of nitrogens with one attached hydrogen (secondary N) is 2. The summed E-state index contributed by atoms with van der Waals surface area (Å²) in [6.07, 6.45) is -0.611. The van der Waals surface area contributed by atoms with Gasteiger partial charge in [0.15, 0.2) is 0 Å². The maximum atomic E-state index is 13.4. The second kappa shape index (κ2) is 10.1.